The first-order chi connectivity index (χ1) is 7.15. The summed E-state index contributed by atoms with van der Waals surface area (Å²) in [6.45, 7) is 4.76. The van der Waals surface area contributed by atoms with Gasteiger partial charge in [-0.05, 0) is 18.8 Å². The first-order valence-corrected chi connectivity index (χ1v) is 6.11. The number of carbonyl (C=O) groups is 1. The van der Waals surface area contributed by atoms with Crippen LogP contribution in [-0.2, 0) is 9.53 Å². The molecule has 0 aromatic rings. The molecule has 0 amide bonds. The number of unbranched alkanes of at least 4 members (excludes halogenated alkanes) is 3. The van der Waals surface area contributed by atoms with E-state index in [1.807, 2.05) is 0 Å². The van der Waals surface area contributed by atoms with Crippen molar-refractivity contribution < 1.29 is 9.53 Å². The molecule has 3 heteroatoms. The predicted molar refractivity (Wildman–Crippen MR) is 60.4 cm³/mol. The molecule has 2 atom stereocenters. The van der Waals surface area contributed by atoms with Gasteiger partial charge in [-0.15, -0.1) is 0 Å². The quantitative estimate of drug-likeness (QED) is 0.521. The van der Waals surface area contributed by atoms with Gasteiger partial charge >= 0.3 is 5.97 Å². The fraction of sp³-hybridized carbons (Fsp3) is 0.917. The summed E-state index contributed by atoms with van der Waals surface area (Å²) in [5.74, 6) is 0.159. The molecule has 0 saturated heterocycles. The average molecular weight is 213 g/mol. The third kappa shape index (κ3) is 3.20. The highest BCUT2D eigenvalue weighted by molar-refractivity contribution is 5.84. The maximum atomic E-state index is 11.6. The van der Waals surface area contributed by atoms with Crippen LogP contribution in [0.3, 0.4) is 0 Å². The summed E-state index contributed by atoms with van der Waals surface area (Å²) < 4.78 is 5.18. The van der Waals surface area contributed by atoms with Crippen molar-refractivity contribution in [3.63, 3.8) is 0 Å². The zero-order valence-electron chi connectivity index (χ0n) is 9.92. The van der Waals surface area contributed by atoms with E-state index in [4.69, 9.17) is 10.5 Å². The van der Waals surface area contributed by atoms with Gasteiger partial charge in [0.1, 0.15) is 5.54 Å². The molecule has 2 N–H and O–H groups in total. The van der Waals surface area contributed by atoms with E-state index in [1.54, 1.807) is 0 Å². The van der Waals surface area contributed by atoms with Gasteiger partial charge < -0.3 is 10.5 Å². The van der Waals surface area contributed by atoms with Gasteiger partial charge in [0.25, 0.3) is 0 Å². The number of esters is 1. The van der Waals surface area contributed by atoms with Gasteiger partial charge in [0.15, 0.2) is 0 Å². The third-order valence-electron chi connectivity index (χ3n) is 3.26. The Labute approximate surface area is 92.4 Å². The highest BCUT2D eigenvalue weighted by Crippen LogP contribution is 2.44. The van der Waals surface area contributed by atoms with E-state index in [0.29, 0.717) is 12.5 Å². The van der Waals surface area contributed by atoms with Gasteiger partial charge in [-0.2, -0.15) is 0 Å². The Morgan fingerprint density at radius 3 is 2.67 bits per heavy atom. The molecule has 0 spiro atoms. The van der Waals surface area contributed by atoms with Crippen molar-refractivity contribution in [1.29, 1.82) is 0 Å². The molecule has 0 aromatic carbocycles. The van der Waals surface area contributed by atoms with Crippen LogP contribution in [0.5, 0.6) is 0 Å². The second-order valence-electron chi connectivity index (χ2n) is 4.55. The third-order valence-corrected chi connectivity index (χ3v) is 3.26. The lowest BCUT2D eigenvalue weighted by Crippen LogP contribution is -2.37. The minimum absolute atomic E-state index is 0.189. The van der Waals surface area contributed by atoms with E-state index in [-0.39, 0.29) is 5.97 Å². The molecule has 0 aliphatic heterocycles. The summed E-state index contributed by atoms with van der Waals surface area (Å²) in [6, 6.07) is 0. The summed E-state index contributed by atoms with van der Waals surface area (Å²) in [5.41, 5.74) is 5.27. The van der Waals surface area contributed by atoms with Crippen LogP contribution in [-0.4, -0.2) is 18.1 Å². The lowest BCUT2D eigenvalue weighted by molar-refractivity contribution is -0.147. The number of hydrogen-bond acceptors (Lipinski definition) is 3. The fourth-order valence-electron chi connectivity index (χ4n) is 1.94. The average Bonchev–Trinajstić information content (AvgIpc) is 2.91. The Hall–Kier alpha value is -0.570. The minimum Gasteiger partial charge on any atom is -0.464 e. The molecule has 0 unspecified atom stereocenters. The number of ether oxygens (including phenoxy) is 1. The van der Waals surface area contributed by atoms with Gasteiger partial charge in [-0.25, -0.2) is 0 Å². The number of hydrogen-bond donors (Lipinski definition) is 1. The highest BCUT2D eigenvalue weighted by Gasteiger charge is 2.57. The molecular formula is C12H23NO2. The molecule has 15 heavy (non-hydrogen) atoms. The summed E-state index contributed by atoms with van der Waals surface area (Å²) in [7, 11) is 0. The molecule has 0 radical (unpaired) electrons. The monoisotopic (exact) mass is 213 g/mol. The smallest absolute Gasteiger partial charge is 0.326 e. The van der Waals surface area contributed by atoms with Crippen molar-refractivity contribution in [2.24, 2.45) is 11.7 Å². The van der Waals surface area contributed by atoms with Crippen molar-refractivity contribution >= 4 is 5.97 Å². The van der Waals surface area contributed by atoms with E-state index >= 15 is 0 Å². The van der Waals surface area contributed by atoms with Crippen molar-refractivity contribution in [2.45, 2.75) is 57.9 Å². The summed E-state index contributed by atoms with van der Waals surface area (Å²) in [5, 5.41) is 0. The summed E-state index contributed by atoms with van der Waals surface area (Å²) >= 11 is 0. The molecule has 0 heterocycles. The van der Waals surface area contributed by atoms with Gasteiger partial charge in [-0.3, -0.25) is 4.79 Å². The first-order valence-electron chi connectivity index (χ1n) is 6.11. The fourth-order valence-corrected chi connectivity index (χ4v) is 1.94. The largest absolute Gasteiger partial charge is 0.464 e. The number of rotatable bonds is 7. The second kappa shape index (κ2) is 5.50. The first kappa shape index (κ1) is 12.5. The summed E-state index contributed by atoms with van der Waals surface area (Å²) in [6.07, 6.45) is 6.29. The Bertz CT molecular complexity index is 218. The van der Waals surface area contributed by atoms with Gasteiger partial charge in [0, 0.05) is 0 Å². The van der Waals surface area contributed by atoms with E-state index in [0.717, 1.165) is 25.7 Å². The molecule has 1 rings (SSSR count). The Morgan fingerprint density at radius 2 is 2.13 bits per heavy atom. The Kier molecular flexibility index (Phi) is 4.58. The van der Waals surface area contributed by atoms with Crippen LogP contribution < -0.4 is 5.73 Å². The van der Waals surface area contributed by atoms with Crippen LogP contribution in [0.2, 0.25) is 0 Å². The Balaban J connectivity index is 2.09. The second-order valence-corrected chi connectivity index (χ2v) is 4.55. The van der Waals surface area contributed by atoms with Crippen molar-refractivity contribution in [2.75, 3.05) is 6.61 Å². The van der Waals surface area contributed by atoms with Gasteiger partial charge in [-0.1, -0.05) is 39.5 Å². The van der Waals surface area contributed by atoms with E-state index < -0.39 is 5.54 Å². The van der Waals surface area contributed by atoms with Crippen LogP contribution in [0.25, 0.3) is 0 Å². The predicted octanol–water partition coefficient (Wildman–Crippen LogP) is 2.24. The summed E-state index contributed by atoms with van der Waals surface area (Å²) in [4.78, 5) is 11.6. The molecule has 1 aliphatic rings. The maximum Gasteiger partial charge on any atom is 0.326 e. The zero-order valence-corrected chi connectivity index (χ0v) is 9.92. The lowest BCUT2D eigenvalue weighted by Gasteiger charge is -2.10. The van der Waals surface area contributed by atoms with Crippen LogP contribution >= 0.6 is 0 Å². The molecule has 1 fully saturated rings. The molecule has 3 nitrogen and oxygen atoms in total. The molecule has 1 saturated carbocycles. The molecule has 0 bridgehead atoms. The van der Waals surface area contributed by atoms with E-state index in [1.165, 1.54) is 12.8 Å². The standard InChI is InChI=1S/C12H23NO2/c1-3-5-6-7-8-15-11(14)12(13)9-10(12)4-2/h10H,3-9,13H2,1-2H3/t10-,12-/m1/s1. The molecule has 1 aliphatic carbocycles. The van der Waals surface area contributed by atoms with Gasteiger partial charge in [0.2, 0.25) is 0 Å². The number of nitrogens with two attached hydrogens (primary N) is 1. The van der Waals surface area contributed by atoms with Crippen LogP contribution in [0, 0.1) is 5.92 Å². The molecule has 88 valence electrons. The van der Waals surface area contributed by atoms with Crippen LogP contribution in [0.15, 0.2) is 0 Å². The Morgan fingerprint density at radius 1 is 1.40 bits per heavy atom. The lowest BCUT2D eigenvalue weighted by atomic mass is 10.2. The minimum atomic E-state index is -0.639. The maximum absolute atomic E-state index is 11.6. The molecular weight excluding hydrogens is 190 g/mol. The topological polar surface area (TPSA) is 52.3 Å². The zero-order chi connectivity index (χ0) is 11.3. The van der Waals surface area contributed by atoms with Crippen LogP contribution in [0.1, 0.15) is 52.4 Å². The van der Waals surface area contributed by atoms with E-state index in [9.17, 15) is 4.79 Å². The van der Waals surface area contributed by atoms with Crippen molar-refractivity contribution in [3.8, 4) is 0 Å². The van der Waals surface area contributed by atoms with E-state index in [2.05, 4.69) is 13.8 Å². The molecule has 0 aromatic heterocycles. The van der Waals surface area contributed by atoms with Crippen LogP contribution in [0.4, 0.5) is 0 Å². The van der Waals surface area contributed by atoms with Gasteiger partial charge in [0.05, 0.1) is 6.61 Å². The van der Waals surface area contributed by atoms with Crippen molar-refractivity contribution in [3.05, 3.63) is 0 Å². The normalized spacial score (nSPS) is 28.9. The number of carbonyl (C=O) groups excluding carboxylic acids is 1. The highest BCUT2D eigenvalue weighted by atomic mass is 16.5. The SMILES string of the molecule is CCCCCCOC(=O)[C@@]1(N)C[C@H]1CC. The van der Waals surface area contributed by atoms with Crippen molar-refractivity contribution in [1.82, 2.24) is 0 Å².